The van der Waals surface area contributed by atoms with Crippen molar-refractivity contribution in [1.29, 1.82) is 0 Å². The van der Waals surface area contributed by atoms with E-state index in [-0.39, 0.29) is 0 Å². The van der Waals surface area contributed by atoms with Gasteiger partial charge < -0.3 is 15.0 Å². The molecule has 4 rings (SSSR count). The van der Waals surface area contributed by atoms with Gasteiger partial charge in [0.2, 0.25) is 0 Å². The first kappa shape index (κ1) is 21.6. The highest BCUT2D eigenvalue weighted by molar-refractivity contribution is 7.10. The molecular weight excluding hydrogens is 436 g/mol. The second kappa shape index (κ2) is 9.27. The Bertz CT molecular complexity index is 1160. The first-order chi connectivity index (χ1) is 15.5. The molecule has 0 radical (unpaired) electrons. The highest BCUT2D eigenvalue weighted by Gasteiger charge is 2.26. The van der Waals surface area contributed by atoms with Crippen molar-refractivity contribution in [1.82, 2.24) is 9.88 Å². The van der Waals surface area contributed by atoms with E-state index in [1.54, 1.807) is 35.4 Å². The van der Waals surface area contributed by atoms with Crippen LogP contribution in [0.4, 0.5) is 19.3 Å². The number of ether oxygens (including phenoxy) is 1. The zero-order valence-corrected chi connectivity index (χ0v) is 17.9. The number of aromatic nitrogens is 1. The zero-order chi connectivity index (χ0) is 22.7. The molecule has 0 bridgehead atoms. The number of anilines is 1. The van der Waals surface area contributed by atoms with Gasteiger partial charge in [-0.15, -0.1) is 11.3 Å². The summed E-state index contributed by atoms with van der Waals surface area (Å²) in [5.74, 6) is -2.73. The third kappa shape index (κ3) is 4.38. The summed E-state index contributed by atoms with van der Waals surface area (Å²) < 4.78 is 32.6. The third-order valence-corrected chi connectivity index (χ3v) is 5.98. The molecular formula is C23H19F2N3O3S. The predicted molar refractivity (Wildman–Crippen MR) is 118 cm³/mol. The molecule has 2 heterocycles. The number of thiazole rings is 1. The topological polar surface area (TPSA) is 71.5 Å². The lowest BCUT2D eigenvalue weighted by molar-refractivity contribution is 0.101. The van der Waals surface area contributed by atoms with Crippen LogP contribution in [0.3, 0.4) is 0 Å². The summed E-state index contributed by atoms with van der Waals surface area (Å²) in [6.07, 6.45) is 1.96. The van der Waals surface area contributed by atoms with Gasteiger partial charge in [-0.05, 0) is 47.4 Å². The van der Waals surface area contributed by atoms with E-state index < -0.39 is 29.2 Å². The van der Waals surface area contributed by atoms with Crippen molar-refractivity contribution in [3.05, 3.63) is 81.8 Å². The van der Waals surface area contributed by atoms with Crippen molar-refractivity contribution < 1.29 is 23.1 Å². The molecule has 0 fully saturated rings. The molecule has 1 aromatic heterocycles. The fourth-order valence-corrected chi connectivity index (χ4v) is 4.32. The van der Waals surface area contributed by atoms with Crippen molar-refractivity contribution in [2.24, 2.45) is 0 Å². The van der Waals surface area contributed by atoms with E-state index in [9.17, 15) is 18.4 Å². The van der Waals surface area contributed by atoms with E-state index in [2.05, 4.69) is 10.3 Å². The molecule has 1 N–H and O–H groups in total. The molecule has 1 aliphatic rings. The van der Waals surface area contributed by atoms with E-state index >= 15 is 0 Å². The minimum absolute atomic E-state index is 0.355. The Labute approximate surface area is 187 Å². The van der Waals surface area contributed by atoms with Crippen LogP contribution < -0.4 is 5.32 Å². The zero-order valence-electron chi connectivity index (χ0n) is 17.1. The van der Waals surface area contributed by atoms with Gasteiger partial charge in [0.05, 0.1) is 7.11 Å². The molecule has 6 nitrogen and oxygen atoms in total. The summed E-state index contributed by atoms with van der Waals surface area (Å²) in [7, 11) is 1.35. The van der Waals surface area contributed by atoms with Gasteiger partial charge >= 0.3 is 6.09 Å². The number of hydrogen-bond donors (Lipinski definition) is 1. The molecule has 0 saturated heterocycles. The quantitative estimate of drug-likeness (QED) is 0.597. The summed E-state index contributed by atoms with van der Waals surface area (Å²) in [5, 5.41) is 5.30. The minimum atomic E-state index is -0.928. The Morgan fingerprint density at radius 1 is 1.09 bits per heavy atom. The lowest BCUT2D eigenvalue weighted by Crippen LogP contribution is -2.36. The Balaban J connectivity index is 1.61. The minimum Gasteiger partial charge on any atom is -0.453 e. The van der Waals surface area contributed by atoms with Crippen LogP contribution in [-0.2, 0) is 4.74 Å². The summed E-state index contributed by atoms with van der Waals surface area (Å²) in [6, 6.07) is 10.1. The van der Waals surface area contributed by atoms with Crippen molar-refractivity contribution in [3.8, 4) is 0 Å². The van der Waals surface area contributed by atoms with Crippen LogP contribution in [0.5, 0.6) is 0 Å². The average Bonchev–Trinajstić information content (AvgIpc) is 3.33. The van der Waals surface area contributed by atoms with Gasteiger partial charge in [-0.2, -0.15) is 0 Å². The number of methoxy groups -OCH3 is 1. The number of nitrogens with zero attached hydrogens (tertiary/aromatic N) is 2. The molecule has 3 aromatic rings. The lowest BCUT2D eigenvalue weighted by atomic mass is 9.94. The van der Waals surface area contributed by atoms with E-state index in [0.717, 1.165) is 33.9 Å². The fourth-order valence-electron chi connectivity index (χ4n) is 3.59. The lowest BCUT2D eigenvalue weighted by Gasteiger charge is -2.29. The fraction of sp³-hybridized carbons (Fsp3) is 0.174. The second-order valence-corrected chi connectivity index (χ2v) is 7.96. The van der Waals surface area contributed by atoms with Crippen molar-refractivity contribution >= 4 is 40.2 Å². The Kier molecular flexibility index (Phi) is 6.27. The molecule has 0 spiro atoms. The van der Waals surface area contributed by atoms with E-state index in [1.165, 1.54) is 24.5 Å². The van der Waals surface area contributed by atoms with Gasteiger partial charge in [-0.3, -0.25) is 4.79 Å². The number of carbonyl (C=O) groups excluding carboxylic acids is 2. The standard InChI is InChI=1S/C23H19F2N3O3S/c1-31-23(30)28-11-9-16(22-26-10-12-32-22)17(13-28)14-5-7-15(8-6-14)27-21(29)20-18(24)3-2-4-19(20)25/h2-8,10,12H,9,11,13H2,1H3,(H,27,29). The summed E-state index contributed by atoms with van der Waals surface area (Å²) >= 11 is 1.52. The maximum absolute atomic E-state index is 13.9. The van der Waals surface area contributed by atoms with Gasteiger partial charge in [0.25, 0.3) is 5.91 Å². The van der Waals surface area contributed by atoms with Gasteiger partial charge in [0, 0.05) is 30.4 Å². The monoisotopic (exact) mass is 455 g/mol. The van der Waals surface area contributed by atoms with E-state index in [0.29, 0.717) is 25.2 Å². The Hall–Kier alpha value is -3.59. The number of benzene rings is 2. The molecule has 0 unspecified atom stereocenters. The van der Waals surface area contributed by atoms with Crippen LogP contribution in [0, 0.1) is 11.6 Å². The maximum Gasteiger partial charge on any atom is 0.409 e. The van der Waals surface area contributed by atoms with Crippen molar-refractivity contribution in [3.63, 3.8) is 0 Å². The largest absolute Gasteiger partial charge is 0.453 e. The van der Waals surface area contributed by atoms with Gasteiger partial charge in [-0.25, -0.2) is 18.6 Å². The smallest absolute Gasteiger partial charge is 0.409 e. The van der Waals surface area contributed by atoms with Crippen LogP contribution in [-0.4, -0.2) is 42.1 Å². The van der Waals surface area contributed by atoms with Crippen LogP contribution in [0.1, 0.15) is 27.3 Å². The Morgan fingerprint density at radius 3 is 2.44 bits per heavy atom. The number of hydrogen-bond acceptors (Lipinski definition) is 5. The second-order valence-electron chi connectivity index (χ2n) is 7.06. The van der Waals surface area contributed by atoms with Crippen LogP contribution in [0.2, 0.25) is 0 Å². The maximum atomic E-state index is 13.9. The van der Waals surface area contributed by atoms with Crippen LogP contribution in [0.25, 0.3) is 11.1 Å². The molecule has 9 heteroatoms. The van der Waals surface area contributed by atoms with Crippen molar-refractivity contribution in [2.75, 3.05) is 25.5 Å². The molecule has 164 valence electrons. The van der Waals surface area contributed by atoms with E-state index in [4.69, 9.17) is 4.74 Å². The van der Waals surface area contributed by atoms with Crippen molar-refractivity contribution in [2.45, 2.75) is 6.42 Å². The molecule has 0 saturated carbocycles. The summed E-state index contributed by atoms with van der Waals surface area (Å²) in [5.41, 5.74) is 2.57. The van der Waals surface area contributed by atoms with Crippen LogP contribution in [0.15, 0.2) is 54.0 Å². The SMILES string of the molecule is COC(=O)N1CCC(c2nccs2)=C(c2ccc(NC(=O)c3c(F)cccc3F)cc2)C1. The van der Waals surface area contributed by atoms with Gasteiger partial charge in [0.15, 0.2) is 0 Å². The molecule has 2 amide bonds. The number of amides is 2. The van der Waals surface area contributed by atoms with E-state index in [1.807, 2.05) is 5.38 Å². The summed E-state index contributed by atoms with van der Waals surface area (Å²) in [6.45, 7) is 0.876. The highest BCUT2D eigenvalue weighted by atomic mass is 32.1. The third-order valence-electron chi connectivity index (χ3n) is 5.15. The number of nitrogens with one attached hydrogen (secondary N) is 1. The van der Waals surface area contributed by atoms with Gasteiger partial charge in [0.1, 0.15) is 22.2 Å². The van der Waals surface area contributed by atoms with Gasteiger partial charge in [-0.1, -0.05) is 18.2 Å². The average molecular weight is 455 g/mol. The summed E-state index contributed by atoms with van der Waals surface area (Å²) in [4.78, 5) is 30.4. The molecule has 2 aromatic carbocycles. The number of halogens is 2. The molecule has 32 heavy (non-hydrogen) atoms. The molecule has 1 aliphatic heterocycles. The molecule has 0 atom stereocenters. The first-order valence-corrected chi connectivity index (χ1v) is 10.7. The first-order valence-electron chi connectivity index (χ1n) is 9.78. The molecule has 0 aliphatic carbocycles. The predicted octanol–water partition coefficient (Wildman–Crippen LogP) is 5.06. The number of carbonyl (C=O) groups is 2. The Morgan fingerprint density at radius 2 is 1.81 bits per heavy atom. The number of rotatable bonds is 4. The van der Waals surface area contributed by atoms with Crippen LogP contribution >= 0.6 is 11.3 Å². The highest BCUT2D eigenvalue weighted by Crippen LogP contribution is 2.35. The normalized spacial score (nSPS) is 13.8.